The molecule has 1 aromatic carbocycles. The van der Waals surface area contributed by atoms with Crippen molar-refractivity contribution in [2.24, 2.45) is 0 Å². The Bertz CT molecular complexity index is 304. The van der Waals surface area contributed by atoms with Gasteiger partial charge in [-0.25, -0.2) is 0 Å². The first-order valence-electron chi connectivity index (χ1n) is 5.59. The van der Waals surface area contributed by atoms with Gasteiger partial charge in [-0.1, -0.05) is 31.5 Å². The summed E-state index contributed by atoms with van der Waals surface area (Å²) in [5.74, 6) is 0.294. The Morgan fingerprint density at radius 3 is 2.69 bits per heavy atom. The maximum Gasteiger partial charge on any atom is 0.434 e. The third-order valence-electron chi connectivity index (χ3n) is 2.23. The summed E-state index contributed by atoms with van der Waals surface area (Å²) in [5.41, 5.74) is 0.844. The van der Waals surface area contributed by atoms with E-state index < -0.39 is 0 Å². The van der Waals surface area contributed by atoms with E-state index >= 15 is 0 Å². The number of aromatic hydroxyl groups is 1. The topological polar surface area (TPSA) is 38.7 Å². The van der Waals surface area contributed by atoms with Crippen LogP contribution in [0, 0.1) is 0 Å². The number of phenols is 1. The van der Waals surface area contributed by atoms with Gasteiger partial charge in [-0.2, -0.15) is 0 Å². The van der Waals surface area contributed by atoms with Crippen LogP contribution in [-0.2, 0) is 8.85 Å². The number of para-hydroxylation sites is 1. The fourth-order valence-electron chi connectivity index (χ4n) is 1.45. The lowest BCUT2D eigenvalue weighted by atomic mass is 10.0. The summed E-state index contributed by atoms with van der Waals surface area (Å²) in [5, 5.41) is 9.75. The largest absolute Gasteiger partial charge is 0.508 e. The molecule has 1 atom stereocenters. The second-order valence-corrected chi connectivity index (χ2v) is 4.16. The maximum atomic E-state index is 9.75. The molecule has 0 heterocycles. The first-order valence-corrected chi connectivity index (χ1v) is 6.41. The third-order valence-corrected chi connectivity index (χ3v) is 3.02. The minimum absolute atomic E-state index is 0.0332. The molecule has 0 fully saturated rings. The molecule has 0 bridgehead atoms. The van der Waals surface area contributed by atoms with Gasteiger partial charge in [0.15, 0.2) is 0 Å². The van der Waals surface area contributed by atoms with E-state index in [4.69, 9.17) is 8.85 Å². The van der Waals surface area contributed by atoms with Gasteiger partial charge >= 0.3 is 10.0 Å². The van der Waals surface area contributed by atoms with Gasteiger partial charge < -0.3 is 14.0 Å². The van der Waals surface area contributed by atoms with E-state index in [0.29, 0.717) is 12.4 Å². The van der Waals surface area contributed by atoms with Gasteiger partial charge in [0.2, 0.25) is 0 Å². The molecule has 0 aliphatic carbocycles. The quantitative estimate of drug-likeness (QED) is 0.586. The van der Waals surface area contributed by atoms with Gasteiger partial charge in [0.05, 0.1) is 6.10 Å². The standard InChI is InChI=1S/C12H18O3Si/c1-3-7-12(15-16-14-4-2)10-8-5-6-9-11(10)13/h5-6,8-9,12-13H,3-4,7H2,1-2H3. The molecule has 0 amide bonds. The Labute approximate surface area is 99.5 Å². The smallest absolute Gasteiger partial charge is 0.434 e. The van der Waals surface area contributed by atoms with Crippen LogP contribution in [0.3, 0.4) is 0 Å². The molecule has 0 saturated heterocycles. The molecular formula is C12H18O3Si. The normalized spacial score (nSPS) is 12.6. The van der Waals surface area contributed by atoms with Crippen molar-refractivity contribution in [2.75, 3.05) is 6.61 Å². The Kier molecular flexibility index (Phi) is 6.14. The van der Waals surface area contributed by atoms with Crippen molar-refractivity contribution >= 4 is 10.0 Å². The van der Waals surface area contributed by atoms with Crippen LogP contribution in [0.1, 0.15) is 38.4 Å². The summed E-state index contributed by atoms with van der Waals surface area (Å²) in [6, 6.07) is 7.30. The summed E-state index contributed by atoms with van der Waals surface area (Å²) in [4.78, 5) is 0. The summed E-state index contributed by atoms with van der Waals surface area (Å²) < 4.78 is 10.8. The molecule has 0 aliphatic rings. The molecule has 1 rings (SSSR count). The van der Waals surface area contributed by atoms with E-state index in [1.807, 2.05) is 25.1 Å². The lowest BCUT2D eigenvalue weighted by Gasteiger charge is -2.17. The van der Waals surface area contributed by atoms with Crippen molar-refractivity contribution in [3.8, 4) is 5.75 Å². The zero-order valence-corrected chi connectivity index (χ0v) is 10.8. The van der Waals surface area contributed by atoms with E-state index in [1.54, 1.807) is 6.07 Å². The maximum absolute atomic E-state index is 9.75. The third kappa shape index (κ3) is 3.96. The van der Waals surface area contributed by atoms with Crippen LogP contribution in [0.4, 0.5) is 0 Å². The molecule has 1 aromatic rings. The average Bonchev–Trinajstić information content (AvgIpc) is 2.29. The first-order chi connectivity index (χ1) is 7.79. The van der Waals surface area contributed by atoms with Gasteiger partial charge in [-0.15, -0.1) is 0 Å². The predicted molar refractivity (Wildman–Crippen MR) is 64.2 cm³/mol. The number of rotatable bonds is 7. The fraction of sp³-hybridized carbons (Fsp3) is 0.500. The molecule has 1 unspecified atom stereocenters. The molecule has 88 valence electrons. The van der Waals surface area contributed by atoms with Crippen LogP contribution in [0.2, 0.25) is 0 Å². The van der Waals surface area contributed by atoms with Crippen molar-refractivity contribution < 1.29 is 14.0 Å². The highest BCUT2D eigenvalue weighted by Gasteiger charge is 2.15. The Morgan fingerprint density at radius 2 is 2.06 bits per heavy atom. The van der Waals surface area contributed by atoms with Crippen LogP contribution in [-0.4, -0.2) is 21.7 Å². The lowest BCUT2D eigenvalue weighted by molar-refractivity contribution is 0.149. The Balaban J connectivity index is 2.65. The summed E-state index contributed by atoms with van der Waals surface area (Å²) in [7, 11) is 0.0332. The highest BCUT2D eigenvalue weighted by atomic mass is 28.3. The zero-order chi connectivity index (χ0) is 11.8. The molecule has 0 aromatic heterocycles. The molecule has 1 N–H and O–H groups in total. The second-order valence-electron chi connectivity index (χ2n) is 3.47. The minimum Gasteiger partial charge on any atom is -0.508 e. The van der Waals surface area contributed by atoms with Crippen LogP contribution >= 0.6 is 0 Å². The van der Waals surface area contributed by atoms with Gasteiger partial charge in [-0.05, 0) is 19.4 Å². The predicted octanol–water partition coefficient (Wildman–Crippen LogP) is 2.82. The molecule has 0 aliphatic heterocycles. The van der Waals surface area contributed by atoms with E-state index in [0.717, 1.165) is 18.4 Å². The van der Waals surface area contributed by atoms with Crippen molar-refractivity contribution in [1.82, 2.24) is 0 Å². The van der Waals surface area contributed by atoms with Crippen LogP contribution in [0.5, 0.6) is 5.75 Å². The zero-order valence-electron chi connectivity index (χ0n) is 9.77. The minimum atomic E-state index is -0.0731. The van der Waals surface area contributed by atoms with Gasteiger partial charge in [0.1, 0.15) is 5.75 Å². The van der Waals surface area contributed by atoms with E-state index in [1.165, 1.54) is 0 Å². The summed E-state index contributed by atoms with van der Waals surface area (Å²) in [6.07, 6.45) is 1.82. The number of phenolic OH excluding ortho intramolecular Hbond substituents is 1. The van der Waals surface area contributed by atoms with Crippen LogP contribution < -0.4 is 0 Å². The first kappa shape index (κ1) is 13.2. The lowest BCUT2D eigenvalue weighted by Crippen LogP contribution is -2.11. The van der Waals surface area contributed by atoms with Crippen molar-refractivity contribution in [3.63, 3.8) is 0 Å². The molecule has 3 nitrogen and oxygen atoms in total. The van der Waals surface area contributed by atoms with Crippen molar-refractivity contribution in [2.45, 2.75) is 32.8 Å². The van der Waals surface area contributed by atoms with Gasteiger partial charge in [-0.3, -0.25) is 0 Å². The summed E-state index contributed by atoms with van der Waals surface area (Å²) >= 11 is 0. The second kappa shape index (κ2) is 7.43. The van der Waals surface area contributed by atoms with E-state index in [-0.39, 0.29) is 16.1 Å². The Hall–Kier alpha value is -0.843. The van der Waals surface area contributed by atoms with Gasteiger partial charge in [0.25, 0.3) is 0 Å². The fourth-order valence-corrected chi connectivity index (χ4v) is 2.00. The molecule has 4 heteroatoms. The number of hydrogen-bond acceptors (Lipinski definition) is 3. The van der Waals surface area contributed by atoms with Crippen molar-refractivity contribution in [1.29, 1.82) is 0 Å². The highest BCUT2D eigenvalue weighted by Crippen LogP contribution is 2.29. The number of hydrogen-bond donors (Lipinski definition) is 1. The van der Waals surface area contributed by atoms with Crippen LogP contribution in [0.15, 0.2) is 24.3 Å². The van der Waals surface area contributed by atoms with Gasteiger partial charge in [0, 0.05) is 12.2 Å². The molecular weight excluding hydrogens is 220 g/mol. The van der Waals surface area contributed by atoms with E-state index in [9.17, 15) is 5.11 Å². The molecule has 0 spiro atoms. The SMILES string of the molecule is CCCC(O[Si]OCC)c1ccccc1O. The Morgan fingerprint density at radius 1 is 1.31 bits per heavy atom. The molecule has 2 radical (unpaired) electrons. The average molecular weight is 238 g/mol. The monoisotopic (exact) mass is 238 g/mol. The highest BCUT2D eigenvalue weighted by molar-refractivity contribution is 6.18. The molecule has 16 heavy (non-hydrogen) atoms. The van der Waals surface area contributed by atoms with Crippen LogP contribution in [0.25, 0.3) is 0 Å². The summed E-state index contributed by atoms with van der Waals surface area (Å²) in [6.45, 7) is 4.68. The number of benzene rings is 1. The van der Waals surface area contributed by atoms with Crippen molar-refractivity contribution in [3.05, 3.63) is 29.8 Å². The van der Waals surface area contributed by atoms with E-state index in [2.05, 4.69) is 6.92 Å². The molecule has 0 saturated carbocycles.